The van der Waals surface area contributed by atoms with Crippen molar-refractivity contribution in [1.82, 2.24) is 29.2 Å². The number of nitrogens with one attached hydrogen (secondary N) is 1. The Labute approximate surface area is 205 Å². The van der Waals surface area contributed by atoms with Crippen molar-refractivity contribution >= 4 is 22.6 Å². The van der Waals surface area contributed by atoms with Gasteiger partial charge in [0.2, 0.25) is 0 Å². The van der Waals surface area contributed by atoms with E-state index in [-0.39, 0.29) is 48.3 Å². The number of pyridine rings is 2. The molecule has 1 aliphatic heterocycles. The molecule has 0 atom stereocenters. The molecule has 9 nitrogen and oxygen atoms in total. The molecule has 0 aromatic carbocycles. The van der Waals surface area contributed by atoms with E-state index in [4.69, 9.17) is 4.74 Å². The molecule has 1 N–H and O–H groups in total. The van der Waals surface area contributed by atoms with Gasteiger partial charge in [-0.25, -0.2) is 23.5 Å². The van der Waals surface area contributed by atoms with E-state index in [2.05, 4.69) is 19.9 Å². The standard InChI is InChI=1S/C25H26F2N6O3/c1-14-12-33-13-15(9-17(26)20(33)29-14)18-10-16-19(11-28-18)30-22(31-21(16)34)25(27)5-7-32(8-6-25)23(35)36-24(2,3)4/h9-13H,5-8H2,1-4H3,(H,30,31,34). The second-order valence-electron chi connectivity index (χ2n) is 10.1. The summed E-state index contributed by atoms with van der Waals surface area (Å²) in [5.74, 6) is -0.610. The van der Waals surface area contributed by atoms with Gasteiger partial charge in [0.05, 0.1) is 28.5 Å². The number of carbonyl (C=O) groups is 1. The summed E-state index contributed by atoms with van der Waals surface area (Å²) in [4.78, 5) is 42.1. The Kier molecular flexibility index (Phi) is 5.53. The molecule has 5 heterocycles. The monoisotopic (exact) mass is 496 g/mol. The van der Waals surface area contributed by atoms with Crippen LogP contribution in [-0.4, -0.2) is 54.0 Å². The van der Waals surface area contributed by atoms with E-state index in [1.54, 1.807) is 44.5 Å². The zero-order valence-electron chi connectivity index (χ0n) is 20.4. The maximum absolute atomic E-state index is 15.8. The van der Waals surface area contributed by atoms with Crippen molar-refractivity contribution in [2.24, 2.45) is 0 Å². The highest BCUT2D eigenvalue weighted by molar-refractivity contribution is 5.81. The Morgan fingerprint density at radius 2 is 1.89 bits per heavy atom. The number of ether oxygens (including phenoxy) is 1. The van der Waals surface area contributed by atoms with Crippen LogP contribution in [0.25, 0.3) is 27.8 Å². The van der Waals surface area contributed by atoms with E-state index >= 15 is 4.39 Å². The second kappa shape index (κ2) is 8.35. The smallest absolute Gasteiger partial charge is 0.410 e. The number of likely N-dealkylation sites (tertiary alicyclic amines) is 1. The largest absolute Gasteiger partial charge is 0.444 e. The Morgan fingerprint density at radius 3 is 2.58 bits per heavy atom. The van der Waals surface area contributed by atoms with Crippen molar-refractivity contribution in [1.29, 1.82) is 0 Å². The summed E-state index contributed by atoms with van der Waals surface area (Å²) in [6.07, 6.45) is 4.19. The van der Waals surface area contributed by atoms with Crippen LogP contribution in [0.5, 0.6) is 0 Å². The number of piperidine rings is 1. The minimum atomic E-state index is -1.90. The van der Waals surface area contributed by atoms with Crippen molar-refractivity contribution in [3.05, 3.63) is 58.4 Å². The normalized spacial score (nSPS) is 16.0. The van der Waals surface area contributed by atoms with Gasteiger partial charge < -0.3 is 19.0 Å². The number of aryl methyl sites for hydroxylation is 1. The molecule has 1 amide bonds. The molecule has 11 heteroatoms. The van der Waals surface area contributed by atoms with E-state index in [1.807, 2.05) is 0 Å². The van der Waals surface area contributed by atoms with Crippen molar-refractivity contribution in [3.8, 4) is 11.3 Å². The van der Waals surface area contributed by atoms with Gasteiger partial charge in [-0.1, -0.05) is 0 Å². The zero-order chi connectivity index (χ0) is 25.8. The summed E-state index contributed by atoms with van der Waals surface area (Å²) >= 11 is 0. The first-order valence-corrected chi connectivity index (χ1v) is 11.6. The summed E-state index contributed by atoms with van der Waals surface area (Å²) < 4.78 is 37.3. The van der Waals surface area contributed by atoms with Crippen LogP contribution in [0, 0.1) is 12.7 Å². The molecule has 0 unspecified atom stereocenters. The summed E-state index contributed by atoms with van der Waals surface area (Å²) in [6.45, 7) is 7.33. The molecule has 36 heavy (non-hydrogen) atoms. The molecule has 5 rings (SSSR count). The van der Waals surface area contributed by atoms with E-state index in [9.17, 15) is 14.0 Å². The third-order valence-electron chi connectivity index (χ3n) is 6.15. The molecule has 1 fully saturated rings. The number of hydrogen-bond acceptors (Lipinski definition) is 6. The number of amides is 1. The molecular weight excluding hydrogens is 470 g/mol. The maximum atomic E-state index is 15.8. The number of rotatable bonds is 2. The molecular formula is C25H26F2N6O3. The molecule has 4 aromatic heterocycles. The number of nitrogens with zero attached hydrogens (tertiary/aromatic N) is 5. The van der Waals surface area contributed by atoms with Crippen LogP contribution in [0.4, 0.5) is 13.6 Å². The molecule has 1 saturated heterocycles. The van der Waals surface area contributed by atoms with Crippen LogP contribution >= 0.6 is 0 Å². The molecule has 188 valence electrons. The lowest BCUT2D eigenvalue weighted by Gasteiger charge is -2.36. The highest BCUT2D eigenvalue weighted by Crippen LogP contribution is 2.35. The SMILES string of the molecule is Cc1cn2cc(-c3cc4c(=O)[nH]c(C5(F)CCN(C(=O)OC(C)(C)C)CC5)nc4cn3)cc(F)c2n1. The van der Waals surface area contributed by atoms with Gasteiger partial charge in [0.25, 0.3) is 5.56 Å². The highest BCUT2D eigenvalue weighted by atomic mass is 19.1. The van der Waals surface area contributed by atoms with Gasteiger partial charge >= 0.3 is 6.09 Å². The number of hydrogen-bond donors (Lipinski definition) is 1. The van der Waals surface area contributed by atoms with Crippen LogP contribution in [-0.2, 0) is 10.4 Å². The number of fused-ring (bicyclic) bond motifs is 2. The third-order valence-corrected chi connectivity index (χ3v) is 6.15. The number of H-pyrrole nitrogens is 1. The van der Waals surface area contributed by atoms with Crippen molar-refractivity contribution < 1.29 is 18.3 Å². The lowest BCUT2D eigenvalue weighted by Crippen LogP contribution is -2.46. The fourth-order valence-electron chi connectivity index (χ4n) is 4.34. The van der Waals surface area contributed by atoms with Gasteiger partial charge in [-0.05, 0) is 39.8 Å². The molecule has 1 aliphatic rings. The van der Waals surface area contributed by atoms with E-state index in [0.717, 1.165) is 0 Å². The van der Waals surface area contributed by atoms with Gasteiger partial charge in [-0.15, -0.1) is 0 Å². The summed E-state index contributed by atoms with van der Waals surface area (Å²) in [5.41, 5.74) is -1.15. The molecule has 0 spiro atoms. The first kappa shape index (κ1) is 23.8. The van der Waals surface area contributed by atoms with Gasteiger partial charge in [0, 0.05) is 43.9 Å². The molecule has 0 saturated carbocycles. The van der Waals surface area contributed by atoms with Gasteiger partial charge in [-0.3, -0.25) is 9.78 Å². The third kappa shape index (κ3) is 4.40. The quantitative estimate of drug-likeness (QED) is 0.444. The van der Waals surface area contributed by atoms with Crippen LogP contribution in [0.2, 0.25) is 0 Å². The van der Waals surface area contributed by atoms with Crippen molar-refractivity contribution in [2.75, 3.05) is 13.1 Å². The maximum Gasteiger partial charge on any atom is 0.410 e. The summed E-state index contributed by atoms with van der Waals surface area (Å²) in [7, 11) is 0. The number of halogens is 2. The van der Waals surface area contributed by atoms with Crippen molar-refractivity contribution in [3.63, 3.8) is 0 Å². The number of carbonyl (C=O) groups excluding carboxylic acids is 1. The molecule has 4 aromatic rings. The van der Waals surface area contributed by atoms with E-state index in [0.29, 0.717) is 17.0 Å². The number of aromatic nitrogens is 5. The van der Waals surface area contributed by atoms with Crippen molar-refractivity contribution in [2.45, 2.75) is 51.8 Å². The fraction of sp³-hybridized carbons (Fsp3) is 0.400. The second-order valence-corrected chi connectivity index (χ2v) is 10.1. The number of aromatic amines is 1. The van der Waals surface area contributed by atoms with Crippen LogP contribution < -0.4 is 5.56 Å². The van der Waals surface area contributed by atoms with Gasteiger partial charge in [0.15, 0.2) is 17.1 Å². The Balaban J connectivity index is 1.42. The Bertz CT molecular complexity index is 1550. The average Bonchev–Trinajstić information content (AvgIpc) is 3.19. The fourth-order valence-corrected chi connectivity index (χ4v) is 4.34. The predicted molar refractivity (Wildman–Crippen MR) is 129 cm³/mol. The molecule has 0 bridgehead atoms. The van der Waals surface area contributed by atoms with Crippen LogP contribution in [0.1, 0.15) is 45.1 Å². The van der Waals surface area contributed by atoms with E-state index < -0.39 is 28.7 Å². The van der Waals surface area contributed by atoms with Gasteiger partial charge in [0.1, 0.15) is 11.4 Å². The number of imidazole rings is 1. The first-order valence-electron chi connectivity index (χ1n) is 11.6. The average molecular weight is 497 g/mol. The minimum absolute atomic E-state index is 0.0319. The van der Waals surface area contributed by atoms with Crippen LogP contribution in [0.15, 0.2) is 35.5 Å². The summed E-state index contributed by atoms with van der Waals surface area (Å²) in [6, 6.07) is 2.81. The van der Waals surface area contributed by atoms with Gasteiger partial charge in [-0.2, -0.15) is 0 Å². The molecule has 0 radical (unpaired) electrons. The zero-order valence-corrected chi connectivity index (χ0v) is 20.4. The van der Waals surface area contributed by atoms with Crippen LogP contribution in [0.3, 0.4) is 0 Å². The van der Waals surface area contributed by atoms with E-state index in [1.165, 1.54) is 23.2 Å². The minimum Gasteiger partial charge on any atom is -0.444 e. The topological polar surface area (TPSA) is 105 Å². The Morgan fingerprint density at radius 1 is 1.17 bits per heavy atom. The highest BCUT2D eigenvalue weighted by Gasteiger charge is 2.41. The lowest BCUT2D eigenvalue weighted by molar-refractivity contribution is 0.000199. The lowest BCUT2D eigenvalue weighted by atomic mass is 9.92. The molecule has 0 aliphatic carbocycles. The summed E-state index contributed by atoms with van der Waals surface area (Å²) in [5, 5.41) is 0.209. The first-order chi connectivity index (χ1) is 16.9. The number of alkyl halides is 1. The Hall–Kier alpha value is -3.89. The predicted octanol–water partition coefficient (Wildman–Crippen LogP) is 4.28.